The minimum absolute atomic E-state index is 0.282. The number of esters is 1. The van der Waals surface area contributed by atoms with Gasteiger partial charge in [-0.15, -0.1) is 0 Å². The number of nitrogens with zero attached hydrogens (tertiary/aromatic N) is 1. The standard InChI is InChI=1S/C8H8ClNO3/c1-10-4-5(7(9)11)3-6(10)8(12)13-2/h3-4H,1-2H3. The summed E-state index contributed by atoms with van der Waals surface area (Å²) in [5.74, 6) is -0.494. The largest absolute Gasteiger partial charge is 0.464 e. The van der Waals surface area contributed by atoms with Crippen LogP contribution >= 0.6 is 11.6 Å². The van der Waals surface area contributed by atoms with E-state index in [4.69, 9.17) is 11.6 Å². The second-order valence-corrected chi connectivity index (χ2v) is 2.83. The Balaban J connectivity index is 3.10. The molecule has 0 N–H and O–H groups in total. The number of ether oxygens (including phenoxy) is 1. The summed E-state index contributed by atoms with van der Waals surface area (Å²) in [6, 6.07) is 1.39. The first-order valence-corrected chi connectivity index (χ1v) is 3.88. The lowest BCUT2D eigenvalue weighted by molar-refractivity contribution is 0.0590. The maximum atomic E-state index is 11.1. The fourth-order valence-electron chi connectivity index (χ4n) is 0.980. The van der Waals surface area contributed by atoms with Crippen LogP contribution in [-0.4, -0.2) is 22.9 Å². The molecule has 0 aliphatic rings. The molecule has 1 aromatic heterocycles. The van der Waals surface area contributed by atoms with Crippen molar-refractivity contribution < 1.29 is 14.3 Å². The Morgan fingerprint density at radius 2 is 2.15 bits per heavy atom. The zero-order valence-corrected chi connectivity index (χ0v) is 7.96. The van der Waals surface area contributed by atoms with E-state index in [1.54, 1.807) is 7.05 Å². The summed E-state index contributed by atoms with van der Waals surface area (Å²) < 4.78 is 5.98. The van der Waals surface area contributed by atoms with Crippen molar-refractivity contribution in [2.45, 2.75) is 0 Å². The average Bonchev–Trinajstić information content (AvgIpc) is 2.46. The van der Waals surface area contributed by atoms with Crippen molar-refractivity contribution >= 4 is 22.8 Å². The minimum Gasteiger partial charge on any atom is -0.464 e. The van der Waals surface area contributed by atoms with Gasteiger partial charge in [0.05, 0.1) is 12.7 Å². The van der Waals surface area contributed by atoms with E-state index >= 15 is 0 Å². The minimum atomic E-state index is -0.592. The fraction of sp³-hybridized carbons (Fsp3) is 0.250. The third-order valence-corrected chi connectivity index (χ3v) is 1.84. The molecule has 4 nitrogen and oxygen atoms in total. The van der Waals surface area contributed by atoms with Gasteiger partial charge in [-0.3, -0.25) is 4.79 Å². The van der Waals surface area contributed by atoms with Crippen molar-refractivity contribution in [2.24, 2.45) is 7.05 Å². The van der Waals surface area contributed by atoms with E-state index in [1.807, 2.05) is 0 Å². The second-order valence-electron chi connectivity index (χ2n) is 2.49. The van der Waals surface area contributed by atoms with Crippen molar-refractivity contribution in [3.8, 4) is 0 Å². The van der Waals surface area contributed by atoms with Gasteiger partial charge < -0.3 is 9.30 Å². The van der Waals surface area contributed by atoms with E-state index in [9.17, 15) is 9.59 Å². The van der Waals surface area contributed by atoms with E-state index in [0.717, 1.165) is 0 Å². The molecule has 13 heavy (non-hydrogen) atoms. The molecule has 0 aromatic carbocycles. The SMILES string of the molecule is COC(=O)c1cc(C(=O)Cl)cn1C. The molecule has 0 bridgehead atoms. The van der Waals surface area contributed by atoms with Gasteiger partial charge in [-0.1, -0.05) is 0 Å². The number of hydrogen-bond acceptors (Lipinski definition) is 3. The predicted molar refractivity (Wildman–Crippen MR) is 46.9 cm³/mol. The first kappa shape index (κ1) is 9.80. The number of aromatic nitrogens is 1. The van der Waals surface area contributed by atoms with Crippen molar-refractivity contribution in [1.29, 1.82) is 0 Å². The van der Waals surface area contributed by atoms with E-state index in [2.05, 4.69) is 4.74 Å². The van der Waals surface area contributed by atoms with Gasteiger partial charge in [0, 0.05) is 13.2 Å². The highest BCUT2D eigenvalue weighted by atomic mass is 35.5. The second kappa shape index (κ2) is 3.62. The lowest BCUT2D eigenvalue weighted by atomic mass is 10.3. The molecular weight excluding hydrogens is 194 g/mol. The molecule has 0 fully saturated rings. The van der Waals surface area contributed by atoms with Crippen molar-refractivity contribution in [3.63, 3.8) is 0 Å². The van der Waals surface area contributed by atoms with Crippen LogP contribution in [0, 0.1) is 0 Å². The summed E-state index contributed by atoms with van der Waals surface area (Å²) >= 11 is 5.23. The topological polar surface area (TPSA) is 48.3 Å². The van der Waals surface area contributed by atoms with Gasteiger partial charge in [0.15, 0.2) is 0 Å². The summed E-state index contributed by atoms with van der Waals surface area (Å²) in [7, 11) is 2.91. The Labute approximate surface area is 80.1 Å². The van der Waals surface area contributed by atoms with Crippen LogP contribution in [-0.2, 0) is 11.8 Å². The Morgan fingerprint density at radius 3 is 2.54 bits per heavy atom. The van der Waals surface area contributed by atoms with Gasteiger partial charge in [-0.05, 0) is 17.7 Å². The van der Waals surface area contributed by atoms with Gasteiger partial charge >= 0.3 is 5.97 Å². The summed E-state index contributed by atoms with van der Waals surface area (Å²) in [5.41, 5.74) is 0.580. The Bertz CT molecular complexity index is 356. The third-order valence-electron chi connectivity index (χ3n) is 1.63. The number of carbonyl (C=O) groups excluding carboxylic acids is 2. The van der Waals surface area contributed by atoms with Crippen molar-refractivity contribution in [1.82, 2.24) is 4.57 Å². The molecule has 0 aliphatic carbocycles. The maximum absolute atomic E-state index is 11.1. The number of aryl methyl sites for hydroxylation is 1. The van der Waals surface area contributed by atoms with E-state index < -0.39 is 11.2 Å². The van der Waals surface area contributed by atoms with Crippen molar-refractivity contribution in [2.75, 3.05) is 7.11 Å². The molecule has 70 valence electrons. The molecule has 0 amide bonds. The molecule has 0 atom stereocenters. The van der Waals surface area contributed by atoms with Crippen LogP contribution < -0.4 is 0 Å². The zero-order valence-electron chi connectivity index (χ0n) is 7.20. The van der Waals surface area contributed by atoms with E-state index in [1.165, 1.54) is 23.9 Å². The normalized spacial score (nSPS) is 9.77. The molecule has 0 spiro atoms. The highest BCUT2D eigenvalue weighted by Gasteiger charge is 2.14. The molecule has 0 aliphatic heterocycles. The van der Waals surface area contributed by atoms with Crippen LogP contribution in [0.1, 0.15) is 20.8 Å². The van der Waals surface area contributed by atoms with Gasteiger partial charge in [-0.25, -0.2) is 4.79 Å². The summed E-state index contributed by atoms with van der Waals surface area (Å²) in [6.07, 6.45) is 1.47. The molecule has 0 saturated heterocycles. The number of rotatable bonds is 2. The van der Waals surface area contributed by atoms with Crippen LogP contribution in [0.2, 0.25) is 0 Å². The third kappa shape index (κ3) is 1.89. The molecule has 0 unspecified atom stereocenters. The quantitative estimate of drug-likeness (QED) is 0.534. The van der Waals surface area contributed by atoms with Crippen LogP contribution in [0.25, 0.3) is 0 Å². The molecule has 1 heterocycles. The van der Waals surface area contributed by atoms with E-state index in [-0.39, 0.29) is 5.56 Å². The summed E-state index contributed by atoms with van der Waals surface area (Å²) in [4.78, 5) is 21.8. The molecule has 0 saturated carbocycles. The Morgan fingerprint density at radius 1 is 1.54 bits per heavy atom. The maximum Gasteiger partial charge on any atom is 0.354 e. The number of halogens is 1. The average molecular weight is 202 g/mol. The van der Waals surface area contributed by atoms with Gasteiger partial charge in [0.2, 0.25) is 0 Å². The van der Waals surface area contributed by atoms with Gasteiger partial charge in [-0.2, -0.15) is 0 Å². The predicted octanol–water partition coefficient (Wildman–Crippen LogP) is 1.19. The summed E-state index contributed by atoms with van der Waals surface area (Å²) in [6.45, 7) is 0. The monoisotopic (exact) mass is 201 g/mol. The zero-order chi connectivity index (χ0) is 10.0. The van der Waals surface area contributed by atoms with Crippen LogP contribution in [0.4, 0.5) is 0 Å². The van der Waals surface area contributed by atoms with Crippen LogP contribution in [0.5, 0.6) is 0 Å². The Kier molecular flexibility index (Phi) is 2.72. The van der Waals surface area contributed by atoms with Gasteiger partial charge in [0.1, 0.15) is 5.69 Å². The highest BCUT2D eigenvalue weighted by molar-refractivity contribution is 6.67. The van der Waals surface area contributed by atoms with E-state index in [0.29, 0.717) is 5.69 Å². The Hall–Kier alpha value is -1.29. The molecule has 0 radical (unpaired) electrons. The highest BCUT2D eigenvalue weighted by Crippen LogP contribution is 2.10. The number of carbonyl (C=O) groups is 2. The van der Waals surface area contributed by atoms with Crippen LogP contribution in [0.15, 0.2) is 12.3 Å². The molecular formula is C8H8ClNO3. The molecule has 5 heteroatoms. The lowest BCUT2D eigenvalue weighted by Gasteiger charge is -1.98. The fourth-order valence-corrected chi connectivity index (χ4v) is 1.08. The number of hydrogen-bond donors (Lipinski definition) is 0. The van der Waals surface area contributed by atoms with Crippen molar-refractivity contribution in [3.05, 3.63) is 23.5 Å². The lowest BCUT2D eigenvalue weighted by Crippen LogP contribution is -2.06. The first-order chi connectivity index (χ1) is 6.06. The van der Waals surface area contributed by atoms with Crippen LogP contribution in [0.3, 0.4) is 0 Å². The smallest absolute Gasteiger partial charge is 0.354 e. The summed E-state index contributed by atoms with van der Waals surface area (Å²) in [5, 5.41) is -0.592. The molecule has 1 aromatic rings. The molecule has 1 rings (SSSR count). The first-order valence-electron chi connectivity index (χ1n) is 3.50. The van der Waals surface area contributed by atoms with Gasteiger partial charge in [0.25, 0.3) is 5.24 Å². The number of methoxy groups -OCH3 is 1.